The second-order valence-corrected chi connectivity index (χ2v) is 4.89. The average molecular weight is 281 g/mol. The maximum Gasteiger partial charge on any atom is 0.329 e. The number of ether oxygens (including phenoxy) is 1. The van der Waals surface area contributed by atoms with Gasteiger partial charge in [0.25, 0.3) is 5.56 Å². The van der Waals surface area contributed by atoms with Crippen LogP contribution in [0.25, 0.3) is 0 Å². The van der Waals surface area contributed by atoms with Crippen LogP contribution in [0.1, 0.15) is 19.8 Å². The zero-order valence-corrected chi connectivity index (χ0v) is 11.7. The van der Waals surface area contributed by atoms with E-state index in [4.69, 9.17) is 4.74 Å². The summed E-state index contributed by atoms with van der Waals surface area (Å²) in [6, 6.07) is 1.38. The number of nitrogens with zero attached hydrogens (tertiary/aromatic N) is 2. The number of rotatable bonds is 3. The number of nitrogens with one attached hydrogen (secondary N) is 1. The van der Waals surface area contributed by atoms with E-state index in [0.29, 0.717) is 25.5 Å². The van der Waals surface area contributed by atoms with Crippen LogP contribution in [-0.2, 0) is 16.6 Å². The minimum absolute atomic E-state index is 0.212. The summed E-state index contributed by atoms with van der Waals surface area (Å²) in [5.74, 6) is 0.0340. The fraction of sp³-hybridized carbons (Fsp3) is 0.615. The third-order valence-electron chi connectivity index (χ3n) is 3.51. The standard InChI is InChI=1S/C13H19N3O4/c1-3-20-12(18)9-5-4-6-16(8-9)10-7-11(17)15(2)13(19)14-10/h7,9H,3-6,8H2,1-2H3,(H,14,19)/t9-/m0/s1. The van der Waals surface area contributed by atoms with Gasteiger partial charge in [-0.3, -0.25) is 19.1 Å². The first-order chi connectivity index (χ1) is 9.52. The van der Waals surface area contributed by atoms with Gasteiger partial charge >= 0.3 is 11.7 Å². The van der Waals surface area contributed by atoms with Gasteiger partial charge in [-0.25, -0.2) is 4.79 Å². The van der Waals surface area contributed by atoms with E-state index in [-0.39, 0.29) is 17.4 Å². The van der Waals surface area contributed by atoms with Gasteiger partial charge in [0.05, 0.1) is 12.5 Å². The molecule has 1 N–H and O–H groups in total. The number of aromatic nitrogens is 2. The lowest BCUT2D eigenvalue weighted by Crippen LogP contribution is -2.42. The van der Waals surface area contributed by atoms with Crippen LogP contribution >= 0.6 is 0 Å². The predicted molar refractivity (Wildman–Crippen MR) is 73.9 cm³/mol. The second kappa shape index (κ2) is 5.94. The molecule has 0 amide bonds. The van der Waals surface area contributed by atoms with Crippen molar-refractivity contribution >= 4 is 11.8 Å². The van der Waals surface area contributed by atoms with Gasteiger partial charge in [0, 0.05) is 26.2 Å². The molecule has 7 nitrogen and oxygen atoms in total. The molecule has 1 aromatic rings. The SMILES string of the molecule is CCOC(=O)[C@H]1CCCN(c2cc(=O)n(C)c(=O)[nH]2)C1. The highest BCUT2D eigenvalue weighted by Gasteiger charge is 2.27. The lowest BCUT2D eigenvalue weighted by molar-refractivity contribution is -0.148. The molecule has 0 aliphatic carbocycles. The lowest BCUT2D eigenvalue weighted by Gasteiger charge is -2.32. The molecule has 1 fully saturated rings. The zero-order chi connectivity index (χ0) is 14.7. The summed E-state index contributed by atoms with van der Waals surface area (Å²) in [5, 5.41) is 0. The summed E-state index contributed by atoms with van der Waals surface area (Å²) in [4.78, 5) is 39.5. The normalized spacial score (nSPS) is 18.9. The van der Waals surface area contributed by atoms with E-state index in [2.05, 4.69) is 4.98 Å². The van der Waals surface area contributed by atoms with E-state index in [1.165, 1.54) is 13.1 Å². The molecule has 1 saturated heterocycles. The second-order valence-electron chi connectivity index (χ2n) is 4.89. The Bertz CT molecular complexity index is 573. The Balaban J connectivity index is 2.19. The topological polar surface area (TPSA) is 84.4 Å². The van der Waals surface area contributed by atoms with Crippen molar-refractivity contribution in [3.8, 4) is 0 Å². The summed E-state index contributed by atoms with van der Waals surface area (Å²) < 4.78 is 6.04. The van der Waals surface area contributed by atoms with Gasteiger partial charge in [0.15, 0.2) is 0 Å². The van der Waals surface area contributed by atoms with Crippen molar-refractivity contribution in [2.75, 3.05) is 24.6 Å². The van der Waals surface area contributed by atoms with E-state index in [1.54, 1.807) is 6.92 Å². The van der Waals surface area contributed by atoms with Crippen molar-refractivity contribution in [3.05, 3.63) is 26.9 Å². The van der Waals surface area contributed by atoms with Crippen LogP contribution in [0.4, 0.5) is 5.82 Å². The van der Waals surface area contributed by atoms with Crippen LogP contribution in [-0.4, -0.2) is 35.2 Å². The van der Waals surface area contributed by atoms with Crippen LogP contribution in [0.3, 0.4) is 0 Å². The summed E-state index contributed by atoms with van der Waals surface area (Å²) in [5.41, 5.74) is -0.812. The van der Waals surface area contributed by atoms with E-state index in [9.17, 15) is 14.4 Å². The molecule has 1 aliphatic heterocycles. The Morgan fingerprint density at radius 1 is 1.50 bits per heavy atom. The zero-order valence-electron chi connectivity index (χ0n) is 11.7. The Labute approximate surface area is 116 Å². The van der Waals surface area contributed by atoms with Crippen molar-refractivity contribution in [3.63, 3.8) is 0 Å². The summed E-state index contributed by atoms with van der Waals surface area (Å²) >= 11 is 0. The molecule has 0 spiro atoms. The first kappa shape index (κ1) is 14.4. The molecule has 0 aromatic carbocycles. The Kier molecular flexibility index (Phi) is 4.26. The van der Waals surface area contributed by atoms with Crippen LogP contribution in [0.5, 0.6) is 0 Å². The number of aromatic amines is 1. The van der Waals surface area contributed by atoms with Gasteiger partial charge in [0.2, 0.25) is 0 Å². The third-order valence-corrected chi connectivity index (χ3v) is 3.51. The number of hydrogen-bond donors (Lipinski definition) is 1. The third kappa shape index (κ3) is 2.92. The van der Waals surface area contributed by atoms with E-state index in [1.807, 2.05) is 4.90 Å². The Morgan fingerprint density at radius 2 is 2.25 bits per heavy atom. The maximum absolute atomic E-state index is 11.8. The first-order valence-corrected chi connectivity index (χ1v) is 6.75. The predicted octanol–water partition coefficient (Wildman–Crippen LogP) is -0.147. The monoisotopic (exact) mass is 281 g/mol. The van der Waals surface area contributed by atoms with Crippen LogP contribution in [0, 0.1) is 5.92 Å². The van der Waals surface area contributed by atoms with Crippen molar-refractivity contribution in [1.29, 1.82) is 0 Å². The van der Waals surface area contributed by atoms with Gasteiger partial charge in [-0.05, 0) is 19.8 Å². The number of hydrogen-bond acceptors (Lipinski definition) is 5. The van der Waals surface area contributed by atoms with Gasteiger partial charge in [-0.1, -0.05) is 0 Å². The minimum Gasteiger partial charge on any atom is -0.466 e. The van der Waals surface area contributed by atoms with E-state index in [0.717, 1.165) is 17.4 Å². The van der Waals surface area contributed by atoms with Crippen LogP contribution in [0.2, 0.25) is 0 Å². The van der Waals surface area contributed by atoms with Gasteiger partial charge in [-0.2, -0.15) is 0 Å². The fourth-order valence-electron chi connectivity index (χ4n) is 2.36. The van der Waals surface area contributed by atoms with Gasteiger partial charge in [0.1, 0.15) is 5.82 Å². The molecule has 2 heterocycles. The molecule has 110 valence electrons. The number of H-pyrrole nitrogens is 1. The molecule has 1 aliphatic rings. The Morgan fingerprint density at radius 3 is 2.90 bits per heavy atom. The fourth-order valence-corrected chi connectivity index (χ4v) is 2.36. The molecule has 0 unspecified atom stereocenters. The van der Waals surface area contributed by atoms with Crippen molar-refractivity contribution in [2.45, 2.75) is 19.8 Å². The number of piperidine rings is 1. The molecule has 0 saturated carbocycles. The van der Waals surface area contributed by atoms with Crippen LogP contribution < -0.4 is 16.1 Å². The highest BCUT2D eigenvalue weighted by molar-refractivity contribution is 5.73. The smallest absolute Gasteiger partial charge is 0.329 e. The van der Waals surface area contributed by atoms with Crippen molar-refractivity contribution < 1.29 is 9.53 Å². The highest BCUT2D eigenvalue weighted by atomic mass is 16.5. The molecule has 1 atom stereocenters. The summed E-state index contributed by atoms with van der Waals surface area (Å²) in [6.45, 7) is 3.30. The molecule has 20 heavy (non-hydrogen) atoms. The van der Waals surface area contributed by atoms with E-state index < -0.39 is 5.69 Å². The highest BCUT2D eigenvalue weighted by Crippen LogP contribution is 2.21. The Hall–Kier alpha value is -2.05. The number of carbonyl (C=O) groups excluding carboxylic acids is 1. The summed E-state index contributed by atoms with van der Waals surface area (Å²) in [7, 11) is 1.42. The van der Waals surface area contributed by atoms with Crippen LogP contribution in [0.15, 0.2) is 15.7 Å². The minimum atomic E-state index is -0.453. The molecule has 0 radical (unpaired) electrons. The van der Waals surface area contributed by atoms with Gasteiger partial charge < -0.3 is 9.64 Å². The van der Waals surface area contributed by atoms with Gasteiger partial charge in [-0.15, -0.1) is 0 Å². The molecule has 0 bridgehead atoms. The van der Waals surface area contributed by atoms with Crippen molar-refractivity contribution in [1.82, 2.24) is 9.55 Å². The maximum atomic E-state index is 11.8. The number of carbonyl (C=O) groups is 1. The first-order valence-electron chi connectivity index (χ1n) is 6.75. The quantitative estimate of drug-likeness (QED) is 0.779. The lowest BCUT2D eigenvalue weighted by atomic mass is 9.98. The van der Waals surface area contributed by atoms with Crippen molar-refractivity contribution in [2.24, 2.45) is 13.0 Å². The van der Waals surface area contributed by atoms with E-state index >= 15 is 0 Å². The largest absolute Gasteiger partial charge is 0.466 e. The molecule has 2 rings (SSSR count). The number of anilines is 1. The summed E-state index contributed by atoms with van der Waals surface area (Å²) in [6.07, 6.45) is 1.59. The molecule has 7 heteroatoms. The molecular formula is C13H19N3O4. The molecular weight excluding hydrogens is 262 g/mol. The average Bonchev–Trinajstić information content (AvgIpc) is 2.44. The number of esters is 1. The molecule has 1 aromatic heterocycles.